The monoisotopic (exact) mass is 303 g/mol. The second-order valence-corrected chi connectivity index (χ2v) is 4.51. The van der Waals surface area contributed by atoms with Gasteiger partial charge in [0.05, 0.1) is 5.56 Å². The van der Waals surface area contributed by atoms with Crippen LogP contribution in [0.2, 0.25) is 5.02 Å². The minimum absolute atomic E-state index is 0.201. The fourth-order valence-electron chi connectivity index (χ4n) is 1.90. The van der Waals surface area contributed by atoms with E-state index in [0.717, 1.165) is 12.1 Å². The molecule has 0 unspecified atom stereocenters. The quantitative estimate of drug-likeness (QED) is 0.751. The van der Waals surface area contributed by atoms with Crippen LogP contribution in [-0.2, 0) is 6.18 Å². The Labute approximate surface area is 118 Å². The summed E-state index contributed by atoms with van der Waals surface area (Å²) in [5.74, 6) is -1.32. The van der Waals surface area contributed by atoms with E-state index >= 15 is 0 Å². The van der Waals surface area contributed by atoms with Crippen LogP contribution >= 0.6 is 11.6 Å². The van der Waals surface area contributed by atoms with E-state index in [1.165, 1.54) is 7.05 Å². The molecule has 0 amide bonds. The van der Waals surface area contributed by atoms with E-state index in [2.05, 4.69) is 5.32 Å². The average Bonchev–Trinajstić information content (AvgIpc) is 2.38. The van der Waals surface area contributed by atoms with E-state index in [4.69, 9.17) is 11.6 Å². The van der Waals surface area contributed by atoms with Crippen LogP contribution in [0.25, 0.3) is 11.1 Å². The number of hydrogen-bond donors (Lipinski definition) is 1. The maximum Gasteiger partial charge on any atom is 0.419 e. The number of hydrogen-bond acceptors (Lipinski definition) is 1. The lowest BCUT2D eigenvalue weighted by Crippen LogP contribution is -2.09. The molecule has 0 aliphatic heterocycles. The first-order valence-corrected chi connectivity index (χ1v) is 6.05. The fourth-order valence-corrected chi connectivity index (χ4v) is 2.14. The van der Waals surface area contributed by atoms with E-state index in [1.54, 1.807) is 24.3 Å². The van der Waals surface area contributed by atoms with E-state index in [0.29, 0.717) is 10.6 Å². The number of alkyl halides is 3. The first-order valence-electron chi connectivity index (χ1n) is 5.68. The van der Waals surface area contributed by atoms with Crippen LogP contribution < -0.4 is 5.32 Å². The van der Waals surface area contributed by atoms with Crippen LogP contribution in [-0.4, -0.2) is 7.05 Å². The van der Waals surface area contributed by atoms with Gasteiger partial charge in [-0.15, -0.1) is 0 Å². The molecular formula is C14H10ClF4N. The Morgan fingerprint density at radius 2 is 1.70 bits per heavy atom. The summed E-state index contributed by atoms with van der Waals surface area (Å²) in [5.41, 5.74) is -0.467. The predicted octanol–water partition coefficient (Wildman–Crippen LogP) is 5.21. The van der Waals surface area contributed by atoms with Crippen molar-refractivity contribution < 1.29 is 17.6 Å². The second-order valence-electron chi connectivity index (χ2n) is 4.11. The summed E-state index contributed by atoms with van der Waals surface area (Å²) in [5, 5.41) is 2.97. The van der Waals surface area contributed by atoms with Crippen LogP contribution in [0.1, 0.15) is 5.56 Å². The molecule has 0 aromatic heterocycles. The molecular weight excluding hydrogens is 294 g/mol. The topological polar surface area (TPSA) is 12.0 Å². The number of benzene rings is 2. The van der Waals surface area contributed by atoms with E-state index < -0.39 is 17.6 Å². The van der Waals surface area contributed by atoms with E-state index in [1.807, 2.05) is 0 Å². The third kappa shape index (κ3) is 2.72. The van der Waals surface area contributed by atoms with Gasteiger partial charge in [-0.05, 0) is 18.2 Å². The van der Waals surface area contributed by atoms with Crippen molar-refractivity contribution in [3.63, 3.8) is 0 Å². The Bertz CT molecular complexity index is 638. The van der Waals surface area contributed by atoms with Crippen LogP contribution in [0.3, 0.4) is 0 Å². The summed E-state index contributed by atoms with van der Waals surface area (Å²) >= 11 is 5.99. The molecule has 106 valence electrons. The predicted molar refractivity (Wildman–Crippen MR) is 71.4 cm³/mol. The van der Waals surface area contributed by atoms with Gasteiger partial charge in [0, 0.05) is 28.9 Å². The third-order valence-electron chi connectivity index (χ3n) is 2.85. The lowest BCUT2D eigenvalue weighted by molar-refractivity contribution is -0.139. The molecule has 0 spiro atoms. The lowest BCUT2D eigenvalue weighted by atomic mass is 10.00. The molecule has 1 N–H and O–H groups in total. The maximum absolute atomic E-state index is 13.5. The number of nitrogens with one attached hydrogen (secondary N) is 1. The van der Waals surface area contributed by atoms with Gasteiger partial charge in [0.15, 0.2) is 0 Å². The largest absolute Gasteiger partial charge is 0.419 e. The van der Waals surface area contributed by atoms with Crippen molar-refractivity contribution in [3.05, 3.63) is 52.8 Å². The molecule has 1 nitrogen and oxygen atoms in total. The average molecular weight is 304 g/mol. The van der Waals surface area contributed by atoms with Gasteiger partial charge in [-0.25, -0.2) is 4.39 Å². The van der Waals surface area contributed by atoms with Gasteiger partial charge < -0.3 is 5.32 Å². The van der Waals surface area contributed by atoms with Crippen molar-refractivity contribution in [1.29, 1.82) is 0 Å². The Kier molecular flexibility index (Phi) is 3.90. The fraction of sp³-hybridized carbons (Fsp3) is 0.143. The summed E-state index contributed by atoms with van der Waals surface area (Å²) in [7, 11) is 1.50. The molecule has 0 bridgehead atoms. The highest BCUT2D eigenvalue weighted by Gasteiger charge is 2.35. The minimum Gasteiger partial charge on any atom is -0.388 e. The van der Waals surface area contributed by atoms with Crippen LogP contribution in [0.4, 0.5) is 23.2 Å². The SMILES string of the molecule is CNc1cc(F)c(C(F)(F)F)cc1-c1ccccc1Cl. The first-order chi connectivity index (χ1) is 9.34. The molecule has 0 saturated heterocycles. The minimum atomic E-state index is -4.76. The maximum atomic E-state index is 13.5. The van der Waals surface area contributed by atoms with Crippen molar-refractivity contribution in [2.24, 2.45) is 0 Å². The molecule has 0 radical (unpaired) electrons. The molecule has 0 fully saturated rings. The van der Waals surface area contributed by atoms with Gasteiger partial charge in [0.2, 0.25) is 0 Å². The summed E-state index contributed by atoms with van der Waals surface area (Å²) in [6.45, 7) is 0. The van der Waals surface area contributed by atoms with E-state index in [9.17, 15) is 17.6 Å². The smallest absolute Gasteiger partial charge is 0.388 e. The molecule has 0 heterocycles. The van der Waals surface area contributed by atoms with Crippen molar-refractivity contribution in [2.75, 3.05) is 12.4 Å². The highest BCUT2D eigenvalue weighted by Crippen LogP contribution is 2.39. The summed E-state index contributed by atoms with van der Waals surface area (Å²) in [6, 6.07) is 8.05. The van der Waals surface area contributed by atoms with Gasteiger partial charge in [-0.2, -0.15) is 13.2 Å². The van der Waals surface area contributed by atoms with Crippen LogP contribution in [0.5, 0.6) is 0 Å². The van der Waals surface area contributed by atoms with Gasteiger partial charge in [-0.3, -0.25) is 0 Å². The van der Waals surface area contributed by atoms with Crippen LogP contribution in [0, 0.1) is 5.82 Å². The van der Waals surface area contributed by atoms with Gasteiger partial charge in [0.25, 0.3) is 0 Å². The Balaban J connectivity index is 2.72. The van der Waals surface area contributed by atoms with Crippen LogP contribution in [0.15, 0.2) is 36.4 Å². The number of anilines is 1. The van der Waals surface area contributed by atoms with Crippen molar-refractivity contribution in [2.45, 2.75) is 6.18 Å². The summed E-state index contributed by atoms with van der Waals surface area (Å²) in [4.78, 5) is 0. The lowest BCUT2D eigenvalue weighted by Gasteiger charge is -2.15. The molecule has 2 aromatic carbocycles. The molecule has 0 aliphatic rings. The van der Waals surface area contributed by atoms with Gasteiger partial charge >= 0.3 is 6.18 Å². The summed E-state index contributed by atoms with van der Waals surface area (Å²) < 4.78 is 51.9. The Morgan fingerprint density at radius 3 is 2.25 bits per heavy atom. The number of rotatable bonds is 2. The van der Waals surface area contributed by atoms with Gasteiger partial charge in [-0.1, -0.05) is 29.8 Å². The molecule has 0 aliphatic carbocycles. The Morgan fingerprint density at radius 1 is 1.05 bits per heavy atom. The molecule has 0 atom stereocenters. The van der Waals surface area contributed by atoms with E-state index in [-0.39, 0.29) is 11.3 Å². The van der Waals surface area contributed by atoms with Crippen molar-refractivity contribution >= 4 is 17.3 Å². The first kappa shape index (κ1) is 14.7. The van der Waals surface area contributed by atoms with Gasteiger partial charge in [0.1, 0.15) is 5.82 Å². The highest BCUT2D eigenvalue weighted by molar-refractivity contribution is 6.33. The molecule has 0 saturated carbocycles. The zero-order valence-corrected chi connectivity index (χ0v) is 11.1. The third-order valence-corrected chi connectivity index (χ3v) is 3.18. The molecule has 20 heavy (non-hydrogen) atoms. The molecule has 6 heteroatoms. The second kappa shape index (κ2) is 5.32. The summed E-state index contributed by atoms with van der Waals surface area (Å²) in [6.07, 6.45) is -4.76. The zero-order valence-electron chi connectivity index (χ0n) is 10.4. The molecule has 2 rings (SSSR count). The highest BCUT2D eigenvalue weighted by atomic mass is 35.5. The normalized spacial score (nSPS) is 11.5. The van der Waals surface area contributed by atoms with Crippen molar-refractivity contribution in [3.8, 4) is 11.1 Å². The zero-order chi connectivity index (χ0) is 14.9. The molecule has 2 aromatic rings. The number of halogens is 5. The Hall–Kier alpha value is -1.75. The standard InChI is InChI=1S/C14H10ClF4N/c1-20-13-7-12(16)10(14(17,18)19)6-9(13)8-4-2-3-5-11(8)15/h2-7,20H,1H3. The van der Waals surface area contributed by atoms with Crippen molar-refractivity contribution in [1.82, 2.24) is 0 Å².